The van der Waals surface area contributed by atoms with E-state index in [2.05, 4.69) is 10.6 Å². The lowest BCUT2D eigenvalue weighted by Gasteiger charge is -2.33. The van der Waals surface area contributed by atoms with Crippen molar-refractivity contribution in [3.05, 3.63) is 0 Å². The molecule has 3 rings (SSSR count). The average molecular weight is 294 g/mol. The predicted octanol–water partition coefficient (Wildman–Crippen LogP) is 1.67. The third kappa shape index (κ3) is 3.39. The zero-order valence-electron chi connectivity index (χ0n) is 12.5. The van der Waals surface area contributed by atoms with Crippen molar-refractivity contribution in [2.24, 2.45) is 11.8 Å². The minimum Gasteiger partial charge on any atom is -0.480 e. The van der Waals surface area contributed by atoms with E-state index in [0.717, 1.165) is 32.1 Å². The van der Waals surface area contributed by atoms with Crippen LogP contribution in [0.1, 0.15) is 57.8 Å². The zero-order valence-corrected chi connectivity index (χ0v) is 12.5. The SMILES string of the molecule is O=C(NC1CCC2NC(C(=O)O)CC2C1)C1CCCCC1. The summed E-state index contributed by atoms with van der Waals surface area (Å²) in [7, 11) is 0. The second kappa shape index (κ2) is 6.34. The van der Waals surface area contributed by atoms with Crippen LogP contribution in [0.4, 0.5) is 0 Å². The number of fused-ring (bicyclic) bond motifs is 1. The van der Waals surface area contributed by atoms with Crippen molar-refractivity contribution < 1.29 is 14.7 Å². The maximum atomic E-state index is 12.3. The minimum absolute atomic E-state index is 0.213. The number of nitrogens with one attached hydrogen (secondary N) is 2. The molecule has 118 valence electrons. The van der Waals surface area contributed by atoms with E-state index in [1.165, 1.54) is 19.3 Å². The molecule has 1 heterocycles. The average Bonchev–Trinajstić information content (AvgIpc) is 2.91. The molecular formula is C16H26N2O3. The summed E-state index contributed by atoms with van der Waals surface area (Å²) in [6, 6.07) is 0.178. The largest absolute Gasteiger partial charge is 0.480 e. The van der Waals surface area contributed by atoms with Gasteiger partial charge in [-0.2, -0.15) is 0 Å². The van der Waals surface area contributed by atoms with E-state index >= 15 is 0 Å². The molecule has 4 atom stereocenters. The third-order valence-corrected chi connectivity index (χ3v) is 5.56. The van der Waals surface area contributed by atoms with E-state index < -0.39 is 12.0 Å². The van der Waals surface area contributed by atoms with E-state index in [4.69, 9.17) is 5.11 Å². The summed E-state index contributed by atoms with van der Waals surface area (Å²) >= 11 is 0. The molecule has 0 bridgehead atoms. The Bertz CT molecular complexity index is 406. The Morgan fingerprint density at radius 2 is 1.76 bits per heavy atom. The molecule has 5 nitrogen and oxygen atoms in total. The van der Waals surface area contributed by atoms with Crippen LogP contribution in [0.3, 0.4) is 0 Å². The first kappa shape index (κ1) is 14.8. The molecule has 0 aromatic rings. The van der Waals surface area contributed by atoms with Crippen LogP contribution in [0.15, 0.2) is 0 Å². The molecular weight excluding hydrogens is 268 g/mol. The summed E-state index contributed by atoms with van der Waals surface area (Å²) in [5.74, 6) is 0.104. The lowest BCUT2D eigenvalue weighted by atomic mass is 9.81. The van der Waals surface area contributed by atoms with Gasteiger partial charge in [0.05, 0.1) is 0 Å². The minimum atomic E-state index is -0.743. The monoisotopic (exact) mass is 294 g/mol. The van der Waals surface area contributed by atoms with Gasteiger partial charge in [-0.25, -0.2) is 0 Å². The lowest BCUT2D eigenvalue weighted by molar-refractivity contribution is -0.139. The molecule has 0 aromatic carbocycles. The van der Waals surface area contributed by atoms with Crippen LogP contribution in [0.25, 0.3) is 0 Å². The van der Waals surface area contributed by atoms with Gasteiger partial charge in [0.25, 0.3) is 0 Å². The Morgan fingerprint density at radius 3 is 2.48 bits per heavy atom. The number of hydrogen-bond acceptors (Lipinski definition) is 3. The first-order valence-electron chi connectivity index (χ1n) is 8.42. The van der Waals surface area contributed by atoms with Gasteiger partial charge in [-0.15, -0.1) is 0 Å². The maximum Gasteiger partial charge on any atom is 0.320 e. The van der Waals surface area contributed by atoms with Gasteiger partial charge in [0.15, 0.2) is 0 Å². The van der Waals surface area contributed by atoms with Gasteiger partial charge in [0, 0.05) is 18.0 Å². The van der Waals surface area contributed by atoms with E-state index in [0.29, 0.717) is 18.4 Å². The Kier molecular flexibility index (Phi) is 4.48. The first-order valence-corrected chi connectivity index (χ1v) is 8.42. The highest BCUT2D eigenvalue weighted by Gasteiger charge is 2.41. The highest BCUT2D eigenvalue weighted by Crippen LogP contribution is 2.34. The molecule has 1 saturated heterocycles. The number of amides is 1. The van der Waals surface area contributed by atoms with Crippen LogP contribution < -0.4 is 10.6 Å². The van der Waals surface area contributed by atoms with Gasteiger partial charge >= 0.3 is 5.97 Å². The Morgan fingerprint density at radius 1 is 1.00 bits per heavy atom. The molecule has 2 saturated carbocycles. The molecule has 0 aromatic heterocycles. The van der Waals surface area contributed by atoms with Crippen molar-refractivity contribution in [1.29, 1.82) is 0 Å². The van der Waals surface area contributed by atoms with E-state index in [-0.39, 0.29) is 17.9 Å². The molecule has 3 aliphatic rings. The summed E-state index contributed by atoms with van der Waals surface area (Å²) in [4.78, 5) is 23.4. The molecule has 0 spiro atoms. The van der Waals surface area contributed by atoms with Gasteiger partial charge in [-0.1, -0.05) is 19.3 Å². The predicted molar refractivity (Wildman–Crippen MR) is 78.8 cm³/mol. The highest BCUT2D eigenvalue weighted by atomic mass is 16.4. The normalized spacial score (nSPS) is 37.0. The maximum absolute atomic E-state index is 12.3. The highest BCUT2D eigenvalue weighted by molar-refractivity contribution is 5.79. The molecule has 21 heavy (non-hydrogen) atoms. The number of rotatable bonds is 3. The van der Waals surface area contributed by atoms with Crippen LogP contribution in [0, 0.1) is 11.8 Å². The van der Waals surface area contributed by atoms with Crippen LogP contribution in [-0.4, -0.2) is 35.1 Å². The number of carboxylic acid groups (broad SMARTS) is 1. The van der Waals surface area contributed by atoms with Crippen molar-refractivity contribution in [2.75, 3.05) is 0 Å². The quantitative estimate of drug-likeness (QED) is 0.740. The third-order valence-electron chi connectivity index (χ3n) is 5.56. The number of carbonyl (C=O) groups excluding carboxylic acids is 1. The van der Waals surface area contributed by atoms with Gasteiger partial charge < -0.3 is 15.7 Å². The van der Waals surface area contributed by atoms with Gasteiger partial charge in [0.2, 0.25) is 5.91 Å². The summed E-state index contributed by atoms with van der Waals surface area (Å²) in [5, 5.41) is 15.6. The number of hydrogen-bond donors (Lipinski definition) is 3. The van der Waals surface area contributed by atoms with Gasteiger partial charge in [-0.3, -0.25) is 9.59 Å². The second-order valence-electron chi connectivity index (χ2n) is 7.01. The molecule has 3 N–H and O–H groups in total. The van der Waals surface area contributed by atoms with E-state index in [9.17, 15) is 9.59 Å². The van der Waals surface area contributed by atoms with Crippen LogP contribution >= 0.6 is 0 Å². The fourth-order valence-corrected chi connectivity index (χ4v) is 4.36. The molecule has 0 radical (unpaired) electrons. The van der Waals surface area contributed by atoms with Crippen molar-refractivity contribution in [3.63, 3.8) is 0 Å². The van der Waals surface area contributed by atoms with Gasteiger partial charge in [0.1, 0.15) is 6.04 Å². The number of carboxylic acids is 1. The van der Waals surface area contributed by atoms with Gasteiger partial charge in [-0.05, 0) is 44.4 Å². The van der Waals surface area contributed by atoms with Crippen molar-refractivity contribution in [3.8, 4) is 0 Å². The summed E-state index contributed by atoms with van der Waals surface area (Å²) in [6.07, 6.45) is 9.27. The molecule has 3 fully saturated rings. The smallest absolute Gasteiger partial charge is 0.320 e. The van der Waals surface area contributed by atoms with Crippen molar-refractivity contribution in [2.45, 2.75) is 75.9 Å². The molecule has 1 amide bonds. The Hall–Kier alpha value is -1.10. The fraction of sp³-hybridized carbons (Fsp3) is 0.875. The van der Waals surface area contributed by atoms with Crippen LogP contribution in [-0.2, 0) is 9.59 Å². The summed E-state index contributed by atoms with van der Waals surface area (Å²) < 4.78 is 0. The summed E-state index contributed by atoms with van der Waals surface area (Å²) in [6.45, 7) is 0. The summed E-state index contributed by atoms with van der Waals surface area (Å²) in [5.41, 5.74) is 0. The van der Waals surface area contributed by atoms with Crippen LogP contribution in [0.5, 0.6) is 0 Å². The van der Waals surface area contributed by atoms with Crippen LogP contribution in [0.2, 0.25) is 0 Å². The Labute approximate surface area is 125 Å². The van der Waals surface area contributed by atoms with Crippen molar-refractivity contribution in [1.82, 2.24) is 10.6 Å². The van der Waals surface area contributed by atoms with Crippen molar-refractivity contribution >= 4 is 11.9 Å². The molecule has 5 heteroatoms. The fourth-order valence-electron chi connectivity index (χ4n) is 4.36. The topological polar surface area (TPSA) is 78.4 Å². The number of aliphatic carboxylic acids is 1. The van der Waals surface area contributed by atoms with E-state index in [1.807, 2.05) is 0 Å². The molecule has 4 unspecified atom stereocenters. The zero-order chi connectivity index (χ0) is 14.8. The molecule has 2 aliphatic carbocycles. The molecule has 1 aliphatic heterocycles. The lowest BCUT2D eigenvalue weighted by Crippen LogP contribution is -2.46. The number of carbonyl (C=O) groups is 2. The Balaban J connectivity index is 1.50. The first-order chi connectivity index (χ1) is 10.1. The van der Waals surface area contributed by atoms with E-state index in [1.54, 1.807) is 0 Å². The standard InChI is InChI=1S/C16H26N2O3/c19-15(10-4-2-1-3-5-10)17-12-6-7-13-11(8-12)9-14(18-13)16(20)21/h10-14,18H,1-9H2,(H,17,19)(H,20,21). The second-order valence-corrected chi connectivity index (χ2v) is 7.01.